The van der Waals surface area contributed by atoms with Crippen LogP contribution in [0.5, 0.6) is 5.75 Å². The minimum absolute atomic E-state index is 0.320. The van der Waals surface area contributed by atoms with Gasteiger partial charge in [-0.15, -0.1) is 0 Å². The minimum atomic E-state index is -0.320. The molecule has 0 aliphatic carbocycles. The van der Waals surface area contributed by atoms with Crippen molar-refractivity contribution in [2.45, 2.75) is 13.0 Å². The molecule has 2 heterocycles. The van der Waals surface area contributed by atoms with Gasteiger partial charge >= 0.3 is 0 Å². The highest BCUT2D eigenvalue weighted by Gasteiger charge is 2.16. The number of nitrogens with one attached hydrogen (secondary N) is 1. The number of carbonyl (C=O) groups excluding carboxylic acids is 1. The highest BCUT2D eigenvalue weighted by atomic mass is 127. The number of amides is 1. The van der Waals surface area contributed by atoms with Crippen LogP contribution in [0.15, 0.2) is 48.9 Å². The summed E-state index contributed by atoms with van der Waals surface area (Å²) in [4.78, 5) is 16.5. The van der Waals surface area contributed by atoms with Crippen molar-refractivity contribution in [3.05, 3.63) is 68.6 Å². The number of pyridine rings is 1. The molecule has 0 aliphatic rings. The van der Waals surface area contributed by atoms with Gasteiger partial charge in [-0.2, -0.15) is 5.10 Å². The van der Waals surface area contributed by atoms with Gasteiger partial charge in [-0.1, -0.05) is 11.6 Å². The number of ether oxygens (including phenoxy) is 1. The molecule has 0 radical (unpaired) electrons. The normalized spacial score (nSPS) is 10.6. The van der Waals surface area contributed by atoms with E-state index in [1.54, 1.807) is 35.3 Å². The first kappa shape index (κ1) is 18.7. The fourth-order valence-electron chi connectivity index (χ4n) is 2.40. The molecule has 1 N–H and O–H groups in total. The standard InChI is InChI=1S/C18H16ClIN4O2/c1-26-16-11-15(20)14(19)10-13(16)18(25)22-17-5-9-24(23-17)8-4-12-2-6-21-7-3-12/h2-3,5-7,9-11H,4,8H2,1H3,(H,22,23,25). The van der Waals surface area contributed by atoms with Crippen LogP contribution >= 0.6 is 34.2 Å². The summed E-state index contributed by atoms with van der Waals surface area (Å²) in [5, 5.41) is 7.66. The number of nitrogens with zero attached hydrogens (tertiary/aromatic N) is 3. The fraction of sp³-hybridized carbons (Fsp3) is 0.167. The number of halogens is 2. The Balaban J connectivity index is 1.67. The Bertz CT molecular complexity index is 915. The summed E-state index contributed by atoms with van der Waals surface area (Å²) in [6.45, 7) is 0.707. The van der Waals surface area contributed by atoms with Gasteiger partial charge in [0.1, 0.15) is 5.75 Å². The molecule has 0 saturated carbocycles. The van der Waals surface area contributed by atoms with Crippen LogP contribution in [0.4, 0.5) is 5.82 Å². The maximum absolute atomic E-state index is 12.5. The molecular weight excluding hydrogens is 467 g/mol. The number of benzene rings is 1. The molecule has 3 rings (SSSR count). The van der Waals surface area contributed by atoms with Crippen molar-refractivity contribution in [1.29, 1.82) is 0 Å². The quantitative estimate of drug-likeness (QED) is 0.539. The van der Waals surface area contributed by atoms with E-state index in [4.69, 9.17) is 16.3 Å². The highest BCUT2D eigenvalue weighted by Crippen LogP contribution is 2.28. The summed E-state index contributed by atoms with van der Waals surface area (Å²) in [5.41, 5.74) is 1.55. The first-order chi connectivity index (χ1) is 12.6. The monoisotopic (exact) mass is 482 g/mol. The van der Waals surface area contributed by atoms with Gasteiger partial charge in [0.15, 0.2) is 5.82 Å². The molecule has 0 atom stereocenters. The van der Waals surface area contributed by atoms with Crippen molar-refractivity contribution in [3.63, 3.8) is 0 Å². The van der Waals surface area contributed by atoms with Crippen molar-refractivity contribution in [1.82, 2.24) is 14.8 Å². The number of aryl methyl sites for hydroxylation is 2. The van der Waals surface area contributed by atoms with Crippen molar-refractivity contribution in [2.75, 3.05) is 12.4 Å². The van der Waals surface area contributed by atoms with Gasteiger partial charge < -0.3 is 10.1 Å². The molecule has 0 fully saturated rings. The van der Waals surface area contributed by atoms with E-state index in [9.17, 15) is 4.79 Å². The summed E-state index contributed by atoms with van der Waals surface area (Å²) in [5.74, 6) is 0.620. The lowest BCUT2D eigenvalue weighted by Crippen LogP contribution is -2.14. The van der Waals surface area contributed by atoms with E-state index in [0.29, 0.717) is 28.7 Å². The maximum atomic E-state index is 12.5. The largest absolute Gasteiger partial charge is 0.496 e. The van der Waals surface area contributed by atoms with E-state index in [2.05, 4.69) is 38.0 Å². The highest BCUT2D eigenvalue weighted by molar-refractivity contribution is 14.1. The van der Waals surface area contributed by atoms with Gasteiger partial charge in [-0.25, -0.2) is 0 Å². The zero-order valence-corrected chi connectivity index (χ0v) is 16.9. The molecule has 3 aromatic rings. The van der Waals surface area contributed by atoms with Crippen LogP contribution in [-0.2, 0) is 13.0 Å². The number of rotatable bonds is 6. The Morgan fingerprint density at radius 3 is 2.81 bits per heavy atom. The molecule has 26 heavy (non-hydrogen) atoms. The van der Waals surface area contributed by atoms with Crippen LogP contribution in [0.3, 0.4) is 0 Å². The van der Waals surface area contributed by atoms with Crippen LogP contribution in [0.2, 0.25) is 5.02 Å². The molecule has 6 nitrogen and oxygen atoms in total. The summed E-state index contributed by atoms with van der Waals surface area (Å²) < 4.78 is 7.88. The predicted octanol–water partition coefficient (Wildman–Crippen LogP) is 4.04. The van der Waals surface area contributed by atoms with Crippen molar-refractivity contribution >= 4 is 45.9 Å². The summed E-state index contributed by atoms with van der Waals surface area (Å²) in [6.07, 6.45) is 6.19. The third-order valence-electron chi connectivity index (χ3n) is 3.75. The SMILES string of the molecule is COc1cc(I)c(Cl)cc1C(=O)Nc1ccn(CCc2ccncc2)n1. The smallest absolute Gasteiger partial charge is 0.260 e. The summed E-state index contributed by atoms with van der Waals surface area (Å²) >= 11 is 8.22. The van der Waals surface area contributed by atoms with Gasteiger partial charge in [-0.3, -0.25) is 14.5 Å². The molecule has 1 aromatic carbocycles. The number of methoxy groups -OCH3 is 1. The summed E-state index contributed by atoms with van der Waals surface area (Å²) in [6, 6.07) is 9.02. The molecule has 0 aliphatic heterocycles. The second-order valence-electron chi connectivity index (χ2n) is 5.49. The minimum Gasteiger partial charge on any atom is -0.496 e. The van der Waals surface area contributed by atoms with Crippen molar-refractivity contribution in [3.8, 4) is 5.75 Å². The molecule has 1 amide bonds. The Kier molecular flexibility index (Phi) is 6.10. The predicted molar refractivity (Wildman–Crippen MR) is 109 cm³/mol. The fourth-order valence-corrected chi connectivity index (χ4v) is 3.01. The molecule has 0 bridgehead atoms. The third-order valence-corrected chi connectivity index (χ3v) is 5.27. The van der Waals surface area contributed by atoms with Gasteiger partial charge in [0.2, 0.25) is 0 Å². The average molecular weight is 483 g/mol. The van der Waals surface area contributed by atoms with Gasteiger partial charge in [-0.05, 0) is 58.8 Å². The van der Waals surface area contributed by atoms with Crippen LogP contribution in [0, 0.1) is 3.57 Å². The number of hydrogen-bond acceptors (Lipinski definition) is 4. The first-order valence-corrected chi connectivity index (χ1v) is 9.29. The van der Waals surface area contributed by atoms with Crippen molar-refractivity contribution in [2.24, 2.45) is 0 Å². The molecule has 0 unspecified atom stereocenters. The lowest BCUT2D eigenvalue weighted by molar-refractivity contribution is 0.102. The van der Waals surface area contributed by atoms with Crippen LogP contribution in [0.25, 0.3) is 0 Å². The maximum Gasteiger partial charge on any atom is 0.260 e. The molecule has 134 valence electrons. The second-order valence-corrected chi connectivity index (χ2v) is 7.06. The van der Waals surface area contributed by atoms with E-state index >= 15 is 0 Å². The number of anilines is 1. The molecule has 0 saturated heterocycles. The van der Waals surface area contributed by atoms with Crippen LogP contribution in [0.1, 0.15) is 15.9 Å². The van der Waals surface area contributed by atoms with E-state index in [0.717, 1.165) is 9.99 Å². The Morgan fingerprint density at radius 2 is 2.08 bits per heavy atom. The lowest BCUT2D eigenvalue weighted by Gasteiger charge is -2.10. The summed E-state index contributed by atoms with van der Waals surface area (Å²) in [7, 11) is 1.52. The topological polar surface area (TPSA) is 69.0 Å². The molecule has 8 heteroatoms. The van der Waals surface area contributed by atoms with Gasteiger partial charge in [0.25, 0.3) is 5.91 Å². The third kappa shape index (κ3) is 4.53. The number of aromatic nitrogens is 3. The van der Waals surface area contributed by atoms with E-state index in [-0.39, 0.29) is 5.91 Å². The van der Waals surface area contributed by atoms with Gasteiger partial charge in [0.05, 0.1) is 17.7 Å². The second kappa shape index (κ2) is 8.50. The Hall–Kier alpha value is -2.13. The molecule has 2 aromatic heterocycles. The van der Waals surface area contributed by atoms with Gasteiger partial charge in [0, 0.05) is 34.8 Å². The molecule has 0 spiro atoms. The Labute approximate surface area is 169 Å². The van der Waals surface area contributed by atoms with Crippen LogP contribution < -0.4 is 10.1 Å². The van der Waals surface area contributed by atoms with E-state index in [1.165, 1.54) is 12.7 Å². The Morgan fingerprint density at radius 1 is 1.31 bits per heavy atom. The van der Waals surface area contributed by atoms with Crippen molar-refractivity contribution < 1.29 is 9.53 Å². The lowest BCUT2D eigenvalue weighted by atomic mass is 10.2. The van der Waals surface area contributed by atoms with Crippen LogP contribution in [-0.4, -0.2) is 27.8 Å². The van der Waals surface area contributed by atoms with E-state index < -0.39 is 0 Å². The molecular formula is C18H16ClIN4O2. The zero-order valence-electron chi connectivity index (χ0n) is 13.9. The average Bonchev–Trinajstić information content (AvgIpc) is 3.10. The number of hydrogen-bond donors (Lipinski definition) is 1. The number of carbonyl (C=O) groups is 1. The zero-order chi connectivity index (χ0) is 18.5. The van der Waals surface area contributed by atoms with E-state index in [1.807, 2.05) is 18.3 Å². The first-order valence-electron chi connectivity index (χ1n) is 7.83.